The van der Waals surface area contributed by atoms with Crippen molar-refractivity contribution in [3.63, 3.8) is 0 Å². The van der Waals surface area contributed by atoms with Gasteiger partial charge in [0.2, 0.25) is 0 Å². The highest BCUT2D eigenvalue weighted by molar-refractivity contribution is 5.75. The number of rotatable bonds is 5. The molecule has 0 aromatic heterocycles. The Morgan fingerprint density at radius 2 is 1.95 bits per heavy atom. The van der Waals surface area contributed by atoms with Gasteiger partial charge >= 0.3 is 12.0 Å². The van der Waals surface area contributed by atoms with Crippen molar-refractivity contribution >= 4 is 12.0 Å². The molecule has 0 bridgehead atoms. The number of carboxylic acids is 1. The van der Waals surface area contributed by atoms with Gasteiger partial charge in [0.25, 0.3) is 0 Å². The van der Waals surface area contributed by atoms with Crippen molar-refractivity contribution in [2.75, 3.05) is 13.6 Å². The molecule has 2 amide bonds. The molecule has 0 heterocycles. The zero-order valence-corrected chi connectivity index (χ0v) is 12.9. The molecule has 116 valence electrons. The second-order valence-electron chi connectivity index (χ2n) is 6.15. The molecule has 0 radical (unpaired) electrons. The number of aliphatic carboxylic acids is 1. The van der Waals surface area contributed by atoms with Crippen molar-refractivity contribution in [3.05, 3.63) is 0 Å². The molecule has 1 aliphatic rings. The van der Waals surface area contributed by atoms with Crippen molar-refractivity contribution in [1.82, 2.24) is 10.2 Å². The third-order valence-electron chi connectivity index (χ3n) is 4.41. The summed E-state index contributed by atoms with van der Waals surface area (Å²) in [5, 5.41) is 11.2. The Hall–Kier alpha value is -1.26. The van der Waals surface area contributed by atoms with Gasteiger partial charge in [-0.25, -0.2) is 4.79 Å². The largest absolute Gasteiger partial charge is 0.481 e. The molecule has 5 heteroatoms. The number of carbonyl (C=O) groups excluding carboxylic acids is 1. The van der Waals surface area contributed by atoms with Crippen molar-refractivity contribution in [2.24, 2.45) is 11.8 Å². The number of carboxylic acid groups (broad SMARTS) is 1. The van der Waals surface area contributed by atoms with Gasteiger partial charge in [-0.05, 0) is 31.1 Å². The summed E-state index contributed by atoms with van der Waals surface area (Å²) in [5.74, 6) is 0.592. The monoisotopic (exact) mass is 284 g/mol. The first-order valence-electron chi connectivity index (χ1n) is 7.64. The minimum Gasteiger partial charge on any atom is -0.481 e. The van der Waals surface area contributed by atoms with Crippen LogP contribution in [0.5, 0.6) is 0 Å². The molecule has 0 saturated heterocycles. The van der Waals surface area contributed by atoms with Gasteiger partial charge in [0.15, 0.2) is 0 Å². The van der Waals surface area contributed by atoms with Gasteiger partial charge in [-0.2, -0.15) is 0 Å². The number of nitrogens with zero attached hydrogens (tertiary/aromatic N) is 1. The molecule has 1 aliphatic carbocycles. The van der Waals surface area contributed by atoms with Gasteiger partial charge in [-0.15, -0.1) is 0 Å². The van der Waals surface area contributed by atoms with Crippen LogP contribution in [0.3, 0.4) is 0 Å². The number of urea groups is 1. The molecule has 1 fully saturated rings. The van der Waals surface area contributed by atoms with Crippen LogP contribution in [0.4, 0.5) is 4.79 Å². The summed E-state index contributed by atoms with van der Waals surface area (Å²) in [7, 11) is 1.82. The van der Waals surface area contributed by atoms with E-state index >= 15 is 0 Å². The Morgan fingerprint density at radius 1 is 1.25 bits per heavy atom. The van der Waals surface area contributed by atoms with Crippen LogP contribution in [0.2, 0.25) is 0 Å². The van der Waals surface area contributed by atoms with Gasteiger partial charge in [-0.3, -0.25) is 4.79 Å². The Kier molecular flexibility index (Phi) is 6.82. The van der Waals surface area contributed by atoms with Crippen LogP contribution in [0.15, 0.2) is 0 Å². The summed E-state index contributed by atoms with van der Waals surface area (Å²) in [6.45, 7) is 4.74. The first-order chi connectivity index (χ1) is 9.41. The molecule has 2 unspecified atom stereocenters. The molecule has 2 N–H and O–H groups in total. The molecule has 5 nitrogen and oxygen atoms in total. The summed E-state index contributed by atoms with van der Waals surface area (Å²) in [5.41, 5.74) is 0. The molecular formula is C15H28N2O3. The number of hydrogen-bond donors (Lipinski definition) is 2. The van der Waals surface area contributed by atoms with E-state index in [-0.39, 0.29) is 25.0 Å². The fourth-order valence-electron chi connectivity index (χ4n) is 2.93. The minimum absolute atomic E-state index is 0.0281. The highest BCUT2D eigenvalue weighted by atomic mass is 16.4. The van der Waals surface area contributed by atoms with E-state index in [0.29, 0.717) is 5.92 Å². The lowest BCUT2D eigenvalue weighted by atomic mass is 9.89. The molecule has 0 aliphatic heterocycles. The average Bonchev–Trinajstić information content (AvgIpc) is 2.62. The summed E-state index contributed by atoms with van der Waals surface area (Å²) in [4.78, 5) is 24.2. The zero-order valence-electron chi connectivity index (χ0n) is 12.9. The van der Waals surface area contributed by atoms with Crippen LogP contribution in [0, 0.1) is 11.8 Å². The van der Waals surface area contributed by atoms with E-state index in [1.165, 1.54) is 19.3 Å². The number of carbonyl (C=O) groups is 2. The van der Waals surface area contributed by atoms with Crippen LogP contribution in [0.25, 0.3) is 0 Å². The standard InChI is InChI=1S/C15H28N2O3/c1-11(2)12-5-4-6-13(8-7-12)17(3)15(20)16-10-9-14(18)19/h11-13H,4-10H2,1-3H3,(H,16,20)(H,18,19). The second-order valence-corrected chi connectivity index (χ2v) is 6.15. The van der Waals surface area contributed by atoms with Crippen molar-refractivity contribution < 1.29 is 14.7 Å². The van der Waals surface area contributed by atoms with E-state index in [1.54, 1.807) is 4.90 Å². The predicted octanol–water partition coefficient (Wildman–Crippen LogP) is 2.71. The maximum atomic E-state index is 12.0. The lowest BCUT2D eigenvalue weighted by Gasteiger charge is -2.27. The van der Waals surface area contributed by atoms with Gasteiger partial charge in [0, 0.05) is 19.6 Å². The lowest BCUT2D eigenvalue weighted by molar-refractivity contribution is -0.136. The normalized spacial score (nSPS) is 23.2. The molecule has 1 rings (SSSR count). The summed E-state index contributed by atoms with van der Waals surface area (Å²) in [6, 6.07) is 0.128. The Labute approximate surface area is 121 Å². The maximum Gasteiger partial charge on any atom is 0.317 e. The van der Waals surface area contributed by atoms with Crippen LogP contribution in [0.1, 0.15) is 52.4 Å². The third-order valence-corrected chi connectivity index (χ3v) is 4.41. The summed E-state index contributed by atoms with van der Waals surface area (Å²) >= 11 is 0. The van der Waals surface area contributed by atoms with Gasteiger partial charge in [0.1, 0.15) is 0 Å². The zero-order chi connectivity index (χ0) is 15.1. The van der Waals surface area contributed by atoms with E-state index in [2.05, 4.69) is 19.2 Å². The first kappa shape index (κ1) is 16.8. The summed E-state index contributed by atoms with van der Waals surface area (Å²) < 4.78 is 0. The number of hydrogen-bond acceptors (Lipinski definition) is 2. The quantitative estimate of drug-likeness (QED) is 0.763. The third kappa shape index (κ3) is 5.39. The van der Waals surface area contributed by atoms with Gasteiger partial charge < -0.3 is 15.3 Å². The van der Waals surface area contributed by atoms with Gasteiger partial charge in [-0.1, -0.05) is 26.7 Å². The van der Waals surface area contributed by atoms with Crippen molar-refractivity contribution in [1.29, 1.82) is 0 Å². The lowest BCUT2D eigenvalue weighted by Crippen LogP contribution is -2.44. The Bertz CT molecular complexity index is 331. The first-order valence-corrected chi connectivity index (χ1v) is 7.64. The fraction of sp³-hybridized carbons (Fsp3) is 0.867. The smallest absolute Gasteiger partial charge is 0.317 e. The molecule has 0 spiro atoms. The summed E-state index contributed by atoms with van der Waals surface area (Å²) in [6.07, 6.45) is 5.66. The molecule has 1 saturated carbocycles. The number of amides is 2. The highest BCUT2D eigenvalue weighted by Gasteiger charge is 2.25. The molecule has 2 atom stereocenters. The number of nitrogens with one attached hydrogen (secondary N) is 1. The average molecular weight is 284 g/mol. The molecule has 20 heavy (non-hydrogen) atoms. The molecule has 0 aromatic rings. The minimum atomic E-state index is -0.887. The fourth-order valence-corrected chi connectivity index (χ4v) is 2.93. The topological polar surface area (TPSA) is 69.6 Å². The van der Waals surface area contributed by atoms with E-state index in [0.717, 1.165) is 18.8 Å². The van der Waals surface area contributed by atoms with Crippen LogP contribution in [-0.2, 0) is 4.79 Å². The Morgan fingerprint density at radius 3 is 2.55 bits per heavy atom. The van der Waals surface area contributed by atoms with E-state index in [9.17, 15) is 9.59 Å². The van der Waals surface area contributed by atoms with Crippen LogP contribution in [-0.4, -0.2) is 41.6 Å². The van der Waals surface area contributed by atoms with E-state index < -0.39 is 5.97 Å². The molecular weight excluding hydrogens is 256 g/mol. The van der Waals surface area contributed by atoms with Crippen molar-refractivity contribution in [2.45, 2.75) is 58.4 Å². The predicted molar refractivity (Wildman–Crippen MR) is 78.6 cm³/mol. The van der Waals surface area contributed by atoms with Crippen LogP contribution < -0.4 is 5.32 Å². The Balaban J connectivity index is 2.40. The highest BCUT2D eigenvalue weighted by Crippen LogP contribution is 2.30. The SMILES string of the molecule is CC(C)C1CCCC(N(C)C(=O)NCCC(=O)O)CC1. The van der Waals surface area contributed by atoms with E-state index in [4.69, 9.17) is 5.11 Å². The second kappa shape index (κ2) is 8.12. The maximum absolute atomic E-state index is 12.0. The van der Waals surface area contributed by atoms with Gasteiger partial charge in [0.05, 0.1) is 6.42 Å². The van der Waals surface area contributed by atoms with Crippen LogP contribution >= 0.6 is 0 Å². The molecule has 0 aromatic carbocycles. The van der Waals surface area contributed by atoms with E-state index in [1.807, 2.05) is 7.05 Å². The van der Waals surface area contributed by atoms with Crippen molar-refractivity contribution in [3.8, 4) is 0 Å².